The van der Waals surface area contributed by atoms with E-state index in [1.807, 2.05) is 26.0 Å². The molecule has 2 aromatic heterocycles. The molecule has 106 valence electrons. The van der Waals surface area contributed by atoms with Crippen molar-refractivity contribution in [1.82, 2.24) is 15.1 Å². The van der Waals surface area contributed by atoms with Gasteiger partial charge in [-0.15, -0.1) is 0 Å². The van der Waals surface area contributed by atoms with Gasteiger partial charge in [0, 0.05) is 23.0 Å². The van der Waals surface area contributed by atoms with E-state index in [2.05, 4.69) is 15.1 Å². The molecule has 0 aromatic carbocycles. The maximum Gasteiger partial charge on any atom is 0.231 e. The van der Waals surface area contributed by atoms with Gasteiger partial charge in [-0.25, -0.2) is 0 Å². The van der Waals surface area contributed by atoms with Gasteiger partial charge in [-0.2, -0.15) is 4.98 Å². The molecule has 1 aliphatic rings. The summed E-state index contributed by atoms with van der Waals surface area (Å²) in [5.74, 6) is 1.51. The molecule has 0 radical (unpaired) electrons. The summed E-state index contributed by atoms with van der Waals surface area (Å²) in [7, 11) is 0. The van der Waals surface area contributed by atoms with Crippen molar-refractivity contribution in [1.29, 1.82) is 0 Å². The monoisotopic (exact) mass is 272 g/mol. The van der Waals surface area contributed by atoms with Crippen LogP contribution in [0.2, 0.25) is 0 Å². The summed E-state index contributed by atoms with van der Waals surface area (Å²) in [6, 6.07) is 4.09. The third-order valence-electron chi connectivity index (χ3n) is 3.92. The van der Waals surface area contributed by atoms with Crippen molar-refractivity contribution in [2.24, 2.45) is 5.73 Å². The largest absolute Gasteiger partial charge is 0.339 e. The number of aryl methyl sites for hydroxylation is 2. The van der Waals surface area contributed by atoms with Gasteiger partial charge in [0.2, 0.25) is 11.7 Å². The molecule has 0 amide bonds. The molecule has 2 N–H and O–H groups in total. The van der Waals surface area contributed by atoms with Gasteiger partial charge in [0.25, 0.3) is 0 Å². The van der Waals surface area contributed by atoms with Crippen molar-refractivity contribution >= 4 is 0 Å². The van der Waals surface area contributed by atoms with E-state index in [1.165, 1.54) is 12.8 Å². The molecule has 0 aliphatic heterocycles. The number of hydrogen-bond donors (Lipinski definition) is 1. The zero-order valence-corrected chi connectivity index (χ0v) is 12.0. The van der Waals surface area contributed by atoms with Gasteiger partial charge in [0.05, 0.1) is 5.92 Å². The zero-order chi connectivity index (χ0) is 14.1. The minimum Gasteiger partial charge on any atom is -0.339 e. The van der Waals surface area contributed by atoms with Gasteiger partial charge in [-0.05, 0) is 38.8 Å². The second-order valence-corrected chi connectivity index (χ2v) is 5.65. The first kappa shape index (κ1) is 13.2. The number of nitrogens with two attached hydrogens (primary N) is 1. The van der Waals surface area contributed by atoms with Crippen molar-refractivity contribution < 1.29 is 4.52 Å². The molecule has 20 heavy (non-hydrogen) atoms. The van der Waals surface area contributed by atoms with Crippen LogP contribution in [0.5, 0.6) is 0 Å². The second kappa shape index (κ2) is 5.32. The van der Waals surface area contributed by atoms with Gasteiger partial charge in [-0.1, -0.05) is 18.0 Å². The number of hydrogen-bond acceptors (Lipinski definition) is 5. The van der Waals surface area contributed by atoms with E-state index in [1.54, 1.807) is 0 Å². The zero-order valence-electron chi connectivity index (χ0n) is 12.0. The minimum atomic E-state index is 0.137. The van der Waals surface area contributed by atoms with Gasteiger partial charge in [-0.3, -0.25) is 4.98 Å². The van der Waals surface area contributed by atoms with E-state index in [0.717, 1.165) is 29.8 Å². The summed E-state index contributed by atoms with van der Waals surface area (Å²) in [5.41, 5.74) is 9.04. The lowest BCUT2D eigenvalue weighted by atomic mass is 9.85. The maximum atomic E-state index is 6.17. The van der Waals surface area contributed by atoms with Crippen molar-refractivity contribution in [2.75, 3.05) is 0 Å². The standard InChI is InChI=1S/C15H20N4O/c1-9-7-11(8-10(2)17-9)14-18-15(20-19-14)12-5-3-4-6-13(12)16/h7-8,12-13H,3-6,16H2,1-2H3. The Bertz CT molecular complexity index is 587. The summed E-state index contributed by atoms with van der Waals surface area (Å²) >= 11 is 0. The first-order valence-corrected chi connectivity index (χ1v) is 7.18. The fourth-order valence-electron chi connectivity index (χ4n) is 2.93. The predicted octanol–water partition coefficient (Wildman–Crippen LogP) is 2.73. The molecule has 2 unspecified atom stereocenters. The number of nitrogens with zero attached hydrogens (tertiary/aromatic N) is 3. The van der Waals surface area contributed by atoms with Gasteiger partial charge < -0.3 is 10.3 Å². The average Bonchev–Trinajstić information content (AvgIpc) is 2.87. The predicted molar refractivity (Wildman–Crippen MR) is 76.2 cm³/mol. The molecule has 0 spiro atoms. The Morgan fingerprint density at radius 3 is 2.50 bits per heavy atom. The number of pyridine rings is 1. The highest BCUT2D eigenvalue weighted by atomic mass is 16.5. The highest BCUT2D eigenvalue weighted by molar-refractivity contribution is 5.55. The van der Waals surface area contributed by atoms with Crippen molar-refractivity contribution in [3.8, 4) is 11.4 Å². The van der Waals surface area contributed by atoms with Crippen LogP contribution in [0, 0.1) is 13.8 Å². The molecular formula is C15H20N4O. The van der Waals surface area contributed by atoms with E-state index in [4.69, 9.17) is 10.3 Å². The first-order valence-electron chi connectivity index (χ1n) is 7.18. The molecule has 2 atom stereocenters. The van der Waals surface area contributed by atoms with Crippen molar-refractivity contribution in [3.63, 3.8) is 0 Å². The first-order chi connectivity index (χ1) is 9.63. The summed E-state index contributed by atoms with van der Waals surface area (Å²) in [4.78, 5) is 8.91. The third-order valence-corrected chi connectivity index (χ3v) is 3.92. The quantitative estimate of drug-likeness (QED) is 0.909. The summed E-state index contributed by atoms with van der Waals surface area (Å²) in [6.45, 7) is 3.93. The lowest BCUT2D eigenvalue weighted by Crippen LogP contribution is -2.31. The van der Waals surface area contributed by atoms with E-state index < -0.39 is 0 Å². The van der Waals surface area contributed by atoms with Crippen LogP contribution in [0.25, 0.3) is 11.4 Å². The van der Waals surface area contributed by atoms with Crippen LogP contribution in [0.1, 0.15) is 48.9 Å². The fourth-order valence-corrected chi connectivity index (χ4v) is 2.93. The Kier molecular flexibility index (Phi) is 3.53. The van der Waals surface area contributed by atoms with Crippen LogP contribution in [-0.4, -0.2) is 21.2 Å². The molecule has 0 bridgehead atoms. The minimum absolute atomic E-state index is 0.137. The lowest BCUT2D eigenvalue weighted by molar-refractivity contribution is 0.290. The molecule has 5 heteroatoms. The third kappa shape index (κ3) is 2.58. The molecule has 0 saturated heterocycles. The lowest BCUT2D eigenvalue weighted by Gasteiger charge is -2.25. The highest BCUT2D eigenvalue weighted by Gasteiger charge is 2.28. The molecule has 2 heterocycles. The summed E-state index contributed by atoms with van der Waals surface area (Å²) < 4.78 is 5.45. The Hall–Kier alpha value is -1.75. The molecule has 1 aliphatic carbocycles. The number of rotatable bonds is 2. The summed E-state index contributed by atoms with van der Waals surface area (Å²) in [5, 5.41) is 4.11. The average molecular weight is 272 g/mol. The fraction of sp³-hybridized carbons (Fsp3) is 0.533. The Balaban J connectivity index is 1.89. The van der Waals surface area contributed by atoms with Crippen LogP contribution in [0.3, 0.4) is 0 Å². The molecule has 1 fully saturated rings. The Morgan fingerprint density at radius 2 is 1.80 bits per heavy atom. The van der Waals surface area contributed by atoms with Crippen LogP contribution in [0.15, 0.2) is 16.7 Å². The van der Waals surface area contributed by atoms with Crippen molar-refractivity contribution in [2.45, 2.75) is 51.5 Å². The van der Waals surface area contributed by atoms with Crippen LogP contribution >= 0.6 is 0 Å². The molecule has 5 nitrogen and oxygen atoms in total. The maximum absolute atomic E-state index is 6.17. The van der Waals surface area contributed by atoms with Crippen LogP contribution in [0.4, 0.5) is 0 Å². The molecular weight excluding hydrogens is 252 g/mol. The summed E-state index contributed by atoms with van der Waals surface area (Å²) in [6.07, 6.45) is 4.46. The topological polar surface area (TPSA) is 77.8 Å². The normalized spacial score (nSPS) is 22.9. The Morgan fingerprint density at radius 1 is 1.10 bits per heavy atom. The molecule has 3 rings (SSSR count). The highest BCUT2D eigenvalue weighted by Crippen LogP contribution is 2.32. The van der Waals surface area contributed by atoms with E-state index >= 15 is 0 Å². The number of aromatic nitrogens is 3. The second-order valence-electron chi connectivity index (χ2n) is 5.65. The SMILES string of the molecule is Cc1cc(-c2noc(C3CCCCC3N)n2)cc(C)n1. The van der Waals surface area contributed by atoms with Gasteiger partial charge in [0.1, 0.15) is 0 Å². The Labute approximate surface area is 118 Å². The van der Waals surface area contributed by atoms with Gasteiger partial charge in [0.15, 0.2) is 0 Å². The van der Waals surface area contributed by atoms with Gasteiger partial charge >= 0.3 is 0 Å². The van der Waals surface area contributed by atoms with Crippen molar-refractivity contribution in [3.05, 3.63) is 29.4 Å². The van der Waals surface area contributed by atoms with Crippen LogP contribution in [-0.2, 0) is 0 Å². The smallest absolute Gasteiger partial charge is 0.231 e. The van der Waals surface area contributed by atoms with E-state index in [-0.39, 0.29) is 12.0 Å². The van der Waals surface area contributed by atoms with E-state index in [9.17, 15) is 0 Å². The molecule has 2 aromatic rings. The van der Waals surface area contributed by atoms with Crippen LogP contribution < -0.4 is 5.73 Å². The van der Waals surface area contributed by atoms with E-state index in [0.29, 0.717) is 11.7 Å². The molecule has 1 saturated carbocycles.